The number of nitrogens with zero attached hydrogens (tertiary/aromatic N) is 3. The van der Waals surface area contributed by atoms with E-state index >= 15 is 0 Å². The topological polar surface area (TPSA) is 29.0 Å². The van der Waals surface area contributed by atoms with Crippen molar-refractivity contribution in [3.8, 4) is 0 Å². The molecule has 0 atom stereocenters. The van der Waals surface area contributed by atoms with Crippen LogP contribution in [0.5, 0.6) is 0 Å². The van der Waals surface area contributed by atoms with Crippen LogP contribution in [0.2, 0.25) is 5.02 Å². The first-order chi connectivity index (χ1) is 13.7. The third-order valence-corrected chi connectivity index (χ3v) is 5.66. The highest BCUT2D eigenvalue weighted by atomic mass is 35.5. The lowest BCUT2D eigenvalue weighted by atomic mass is 10.1. The minimum atomic E-state index is 0.697. The smallest absolute Gasteiger partial charge is 0.146 e. The first-order valence-corrected chi connectivity index (χ1v) is 10.2. The summed E-state index contributed by atoms with van der Waals surface area (Å²) in [5, 5.41) is 1.76. The van der Waals surface area contributed by atoms with Crippen molar-refractivity contribution < 1.29 is 0 Å². The number of aryl methyl sites for hydroxylation is 1. The Balaban J connectivity index is 1.91. The Hall–Kier alpha value is -2.95. The summed E-state index contributed by atoms with van der Waals surface area (Å²) in [6.07, 6.45) is 0. The maximum Gasteiger partial charge on any atom is 0.146 e. The molecular formula is C23H16ClN3S. The van der Waals surface area contributed by atoms with Gasteiger partial charge in [0.25, 0.3) is 0 Å². The minimum absolute atomic E-state index is 0.697. The van der Waals surface area contributed by atoms with Crippen LogP contribution in [0.4, 0.5) is 17.1 Å². The molecule has 0 aliphatic carbocycles. The van der Waals surface area contributed by atoms with Gasteiger partial charge in [-0.1, -0.05) is 48.0 Å². The molecule has 5 aromatic rings. The lowest BCUT2D eigenvalue weighted by molar-refractivity contribution is 1.28. The van der Waals surface area contributed by atoms with E-state index in [9.17, 15) is 0 Å². The number of rotatable bonds is 3. The van der Waals surface area contributed by atoms with Gasteiger partial charge in [-0.05, 0) is 48.9 Å². The van der Waals surface area contributed by atoms with Gasteiger partial charge in [-0.15, -0.1) is 11.3 Å². The Morgan fingerprint density at radius 2 is 1.68 bits per heavy atom. The highest BCUT2D eigenvalue weighted by Gasteiger charge is 2.21. The second-order valence-corrected chi connectivity index (χ2v) is 7.91. The third-order valence-electron chi connectivity index (χ3n) is 4.70. The summed E-state index contributed by atoms with van der Waals surface area (Å²) in [5.74, 6) is 0. The Labute approximate surface area is 171 Å². The second kappa shape index (κ2) is 6.89. The maximum atomic E-state index is 6.36. The number of pyridine rings is 1. The van der Waals surface area contributed by atoms with Crippen LogP contribution in [0.1, 0.15) is 5.56 Å². The number of thiazole rings is 1. The van der Waals surface area contributed by atoms with Crippen LogP contribution in [-0.2, 0) is 0 Å². The summed E-state index contributed by atoms with van der Waals surface area (Å²) in [4.78, 5) is 12.6. The lowest BCUT2D eigenvalue weighted by Gasteiger charge is -2.27. The normalized spacial score (nSPS) is 11.2. The molecule has 2 heterocycles. The number of benzene rings is 3. The van der Waals surface area contributed by atoms with Crippen molar-refractivity contribution in [2.24, 2.45) is 0 Å². The van der Waals surface area contributed by atoms with E-state index in [1.165, 1.54) is 5.56 Å². The molecule has 2 aromatic heterocycles. The van der Waals surface area contributed by atoms with E-state index in [1.54, 1.807) is 11.3 Å². The van der Waals surface area contributed by atoms with Gasteiger partial charge in [-0.2, -0.15) is 0 Å². The maximum absolute atomic E-state index is 6.36. The molecule has 0 aliphatic heterocycles. The predicted octanol–water partition coefficient (Wildman–Crippen LogP) is 7.28. The number of hydrogen-bond donors (Lipinski definition) is 0. The fourth-order valence-electron chi connectivity index (χ4n) is 3.51. The van der Waals surface area contributed by atoms with Gasteiger partial charge in [0, 0.05) is 21.8 Å². The van der Waals surface area contributed by atoms with Crippen molar-refractivity contribution in [1.82, 2.24) is 9.97 Å². The molecule has 3 nitrogen and oxygen atoms in total. The molecule has 0 unspecified atom stereocenters. The molecule has 0 radical (unpaired) electrons. The average molecular weight is 402 g/mol. The van der Waals surface area contributed by atoms with E-state index in [-0.39, 0.29) is 0 Å². The van der Waals surface area contributed by atoms with Crippen LogP contribution in [0.3, 0.4) is 0 Å². The molecular weight excluding hydrogens is 386 g/mol. The van der Waals surface area contributed by atoms with Gasteiger partial charge in [0.1, 0.15) is 10.3 Å². The summed E-state index contributed by atoms with van der Waals surface area (Å²) in [5.41, 5.74) is 7.97. The quantitative estimate of drug-likeness (QED) is 0.318. The van der Waals surface area contributed by atoms with Crippen molar-refractivity contribution in [1.29, 1.82) is 0 Å². The zero-order valence-electron chi connectivity index (χ0n) is 15.1. The molecule has 0 aliphatic rings. The van der Waals surface area contributed by atoms with E-state index in [0.29, 0.717) is 5.02 Å². The fourth-order valence-corrected chi connectivity index (χ4v) is 4.36. The van der Waals surface area contributed by atoms with E-state index < -0.39 is 0 Å². The number of aromatic nitrogens is 2. The minimum Gasteiger partial charge on any atom is -0.308 e. The van der Waals surface area contributed by atoms with Gasteiger partial charge in [0.05, 0.1) is 16.7 Å². The first kappa shape index (κ1) is 17.2. The molecule has 5 heteroatoms. The van der Waals surface area contributed by atoms with Crippen LogP contribution in [-0.4, -0.2) is 9.97 Å². The number of hydrogen-bond acceptors (Lipinski definition) is 4. The summed E-state index contributed by atoms with van der Waals surface area (Å²) >= 11 is 7.91. The van der Waals surface area contributed by atoms with Gasteiger partial charge >= 0.3 is 0 Å². The zero-order chi connectivity index (χ0) is 19.1. The largest absolute Gasteiger partial charge is 0.308 e. The molecule has 136 valence electrons. The number of halogens is 1. The Kier molecular flexibility index (Phi) is 4.23. The standard InChI is InChI=1S/C23H16ClN3S/c1-15-6-4-8-17(12-15)27(18-9-5-7-16(24)13-18)22-19-10-2-3-11-20(19)26-23-21(22)25-14-28-23/h2-14H,1H3. The van der Waals surface area contributed by atoms with Crippen LogP contribution in [0, 0.1) is 6.92 Å². The molecule has 0 fully saturated rings. The highest BCUT2D eigenvalue weighted by molar-refractivity contribution is 7.16. The number of fused-ring (bicyclic) bond motifs is 2. The van der Waals surface area contributed by atoms with Crippen molar-refractivity contribution in [3.05, 3.63) is 88.9 Å². The molecule has 3 aromatic carbocycles. The number of anilines is 3. The molecule has 0 saturated carbocycles. The molecule has 28 heavy (non-hydrogen) atoms. The van der Waals surface area contributed by atoms with Crippen LogP contribution in [0.25, 0.3) is 21.3 Å². The Bertz CT molecular complexity index is 1270. The molecule has 0 amide bonds. The van der Waals surface area contributed by atoms with Crippen LogP contribution >= 0.6 is 22.9 Å². The fraction of sp³-hybridized carbons (Fsp3) is 0.0435. The van der Waals surface area contributed by atoms with Crippen molar-refractivity contribution >= 4 is 61.2 Å². The zero-order valence-corrected chi connectivity index (χ0v) is 16.7. The molecule has 5 rings (SSSR count). The summed E-state index contributed by atoms with van der Waals surface area (Å²) < 4.78 is 0. The lowest BCUT2D eigenvalue weighted by Crippen LogP contribution is -2.11. The van der Waals surface area contributed by atoms with Crippen molar-refractivity contribution in [2.45, 2.75) is 6.92 Å². The van der Waals surface area contributed by atoms with Gasteiger partial charge in [-0.25, -0.2) is 9.97 Å². The molecule has 0 bridgehead atoms. The Morgan fingerprint density at radius 1 is 0.893 bits per heavy atom. The SMILES string of the molecule is Cc1cccc(N(c2cccc(Cl)c2)c2c3ccccc3nc3scnc23)c1. The molecule has 0 saturated heterocycles. The molecule has 0 N–H and O–H groups in total. The van der Waals surface area contributed by atoms with Gasteiger partial charge in [-0.3, -0.25) is 0 Å². The monoisotopic (exact) mass is 401 g/mol. The van der Waals surface area contributed by atoms with E-state index in [4.69, 9.17) is 16.6 Å². The van der Waals surface area contributed by atoms with Crippen molar-refractivity contribution in [3.63, 3.8) is 0 Å². The first-order valence-electron chi connectivity index (χ1n) is 8.95. The summed E-state index contributed by atoms with van der Waals surface area (Å²) in [7, 11) is 0. The van der Waals surface area contributed by atoms with Gasteiger partial charge in [0.15, 0.2) is 0 Å². The third kappa shape index (κ3) is 2.91. The molecule has 0 spiro atoms. The van der Waals surface area contributed by atoms with E-state index in [0.717, 1.165) is 38.3 Å². The average Bonchev–Trinajstić information content (AvgIpc) is 3.16. The van der Waals surface area contributed by atoms with Crippen molar-refractivity contribution in [2.75, 3.05) is 4.90 Å². The van der Waals surface area contributed by atoms with Gasteiger partial charge < -0.3 is 4.90 Å². The van der Waals surface area contributed by atoms with E-state index in [2.05, 4.69) is 53.2 Å². The van der Waals surface area contributed by atoms with Crippen LogP contribution < -0.4 is 4.90 Å². The van der Waals surface area contributed by atoms with E-state index in [1.807, 2.05) is 41.9 Å². The summed E-state index contributed by atoms with van der Waals surface area (Å²) in [6, 6.07) is 24.6. The predicted molar refractivity (Wildman–Crippen MR) is 119 cm³/mol. The van der Waals surface area contributed by atoms with Crippen LogP contribution in [0.15, 0.2) is 78.3 Å². The number of para-hydroxylation sites is 1. The highest BCUT2D eigenvalue weighted by Crippen LogP contribution is 2.43. The van der Waals surface area contributed by atoms with Gasteiger partial charge in [0.2, 0.25) is 0 Å². The second-order valence-electron chi connectivity index (χ2n) is 6.64. The Morgan fingerprint density at radius 3 is 2.50 bits per heavy atom. The summed E-state index contributed by atoms with van der Waals surface area (Å²) in [6.45, 7) is 2.10.